The number of likely N-dealkylation sites (N-methyl/N-ethyl adjacent to an activating group) is 1. The van der Waals surface area contributed by atoms with Gasteiger partial charge in [0.2, 0.25) is 5.91 Å². The summed E-state index contributed by atoms with van der Waals surface area (Å²) in [5, 5.41) is 11.9. The number of carbonyl (C=O) groups is 1. The van der Waals surface area contributed by atoms with Crippen LogP contribution in [-0.2, 0) is 4.79 Å². The van der Waals surface area contributed by atoms with Gasteiger partial charge in [-0.05, 0) is 31.3 Å². The Labute approximate surface area is 109 Å². The van der Waals surface area contributed by atoms with Crippen LogP contribution in [0.4, 0.5) is 0 Å². The molecule has 0 saturated carbocycles. The summed E-state index contributed by atoms with van der Waals surface area (Å²) in [5.41, 5.74) is 0.422. The highest BCUT2D eigenvalue weighted by Gasteiger charge is 2.40. The van der Waals surface area contributed by atoms with Crippen molar-refractivity contribution in [1.82, 2.24) is 15.1 Å². The zero-order valence-electron chi connectivity index (χ0n) is 11.1. The molecule has 18 heavy (non-hydrogen) atoms. The molecule has 0 aromatic heterocycles. The maximum absolute atomic E-state index is 12.0. The second-order valence-corrected chi connectivity index (χ2v) is 5.61. The van der Waals surface area contributed by atoms with E-state index in [-0.39, 0.29) is 5.91 Å². The summed E-state index contributed by atoms with van der Waals surface area (Å²) < 4.78 is 0. The van der Waals surface area contributed by atoms with Crippen molar-refractivity contribution in [1.29, 1.82) is 5.26 Å². The number of carbonyl (C=O) groups excluding carboxylic acids is 1. The van der Waals surface area contributed by atoms with Crippen molar-refractivity contribution in [2.24, 2.45) is 5.41 Å². The van der Waals surface area contributed by atoms with Crippen LogP contribution in [0.25, 0.3) is 0 Å². The van der Waals surface area contributed by atoms with E-state index < -0.39 is 0 Å². The van der Waals surface area contributed by atoms with E-state index in [0.717, 1.165) is 26.2 Å². The minimum Gasteiger partial charge on any atom is -0.344 e. The lowest BCUT2D eigenvalue weighted by Crippen LogP contribution is -2.39. The lowest BCUT2D eigenvalue weighted by Gasteiger charge is -2.24. The molecule has 0 bridgehead atoms. The first-order valence-corrected chi connectivity index (χ1v) is 6.69. The molecule has 0 radical (unpaired) electrons. The first-order chi connectivity index (χ1) is 8.65. The van der Waals surface area contributed by atoms with Gasteiger partial charge in [0, 0.05) is 26.7 Å². The predicted octanol–water partition coefficient (Wildman–Crippen LogP) is 0.0439. The summed E-state index contributed by atoms with van der Waals surface area (Å²) in [6.07, 6.45) is 2.85. The average Bonchev–Trinajstić information content (AvgIpc) is 2.97. The van der Waals surface area contributed by atoms with E-state index in [9.17, 15) is 4.79 Å². The number of hydrogen-bond acceptors (Lipinski definition) is 4. The number of likely N-dealkylation sites (tertiary alicyclic amines) is 1. The summed E-state index contributed by atoms with van der Waals surface area (Å²) in [6.45, 7) is 5.32. The largest absolute Gasteiger partial charge is 0.344 e. The van der Waals surface area contributed by atoms with Crippen LogP contribution >= 0.6 is 0 Å². The third-order valence-electron chi connectivity index (χ3n) is 4.19. The molecule has 2 aliphatic rings. The number of nitriles is 1. The van der Waals surface area contributed by atoms with E-state index in [0.29, 0.717) is 24.9 Å². The molecule has 2 rings (SSSR count). The normalized spacial score (nSPS) is 27.6. The van der Waals surface area contributed by atoms with Gasteiger partial charge in [0.25, 0.3) is 0 Å². The van der Waals surface area contributed by atoms with Crippen molar-refractivity contribution in [3.05, 3.63) is 0 Å². The Bertz CT molecular complexity index is 343. The van der Waals surface area contributed by atoms with Gasteiger partial charge in [-0.3, -0.25) is 9.69 Å². The van der Waals surface area contributed by atoms with E-state index in [1.54, 1.807) is 11.9 Å². The molecule has 0 aliphatic carbocycles. The fourth-order valence-electron chi connectivity index (χ4n) is 2.96. The van der Waals surface area contributed by atoms with E-state index in [1.165, 1.54) is 12.8 Å². The molecule has 2 saturated heterocycles. The highest BCUT2D eigenvalue weighted by Crippen LogP contribution is 2.35. The van der Waals surface area contributed by atoms with Crippen molar-refractivity contribution in [2.75, 3.05) is 46.3 Å². The Morgan fingerprint density at radius 2 is 2.39 bits per heavy atom. The first-order valence-electron chi connectivity index (χ1n) is 6.69. The molecule has 2 heterocycles. The number of nitrogens with one attached hydrogen (secondary N) is 1. The Balaban J connectivity index is 1.77. The summed E-state index contributed by atoms with van der Waals surface area (Å²) in [6, 6.07) is 2.07. The third-order valence-corrected chi connectivity index (χ3v) is 4.19. The van der Waals surface area contributed by atoms with Crippen molar-refractivity contribution < 1.29 is 4.79 Å². The van der Waals surface area contributed by atoms with Gasteiger partial charge < -0.3 is 10.2 Å². The second-order valence-electron chi connectivity index (χ2n) is 5.61. The standard InChI is InChI=1S/C13H22N4O/c1-16(7-2-5-14)12(18)9-17-8-4-13(11-17)3-6-15-10-13/h15H,2-4,6-11H2,1H3. The van der Waals surface area contributed by atoms with E-state index in [2.05, 4.69) is 16.3 Å². The molecule has 1 amide bonds. The molecule has 0 aromatic rings. The molecular weight excluding hydrogens is 228 g/mol. The molecule has 1 unspecified atom stereocenters. The van der Waals surface area contributed by atoms with Gasteiger partial charge in [-0.25, -0.2) is 0 Å². The zero-order valence-corrected chi connectivity index (χ0v) is 11.1. The Kier molecular flexibility index (Phi) is 4.20. The SMILES string of the molecule is CN(CCC#N)C(=O)CN1CCC2(CCNC2)C1. The van der Waals surface area contributed by atoms with Crippen LogP contribution in [0.1, 0.15) is 19.3 Å². The van der Waals surface area contributed by atoms with Crippen LogP contribution < -0.4 is 5.32 Å². The van der Waals surface area contributed by atoms with Crippen molar-refractivity contribution >= 4 is 5.91 Å². The van der Waals surface area contributed by atoms with Gasteiger partial charge in [-0.15, -0.1) is 0 Å². The van der Waals surface area contributed by atoms with E-state index >= 15 is 0 Å². The Morgan fingerprint density at radius 3 is 3.06 bits per heavy atom. The maximum atomic E-state index is 12.0. The molecule has 2 aliphatic heterocycles. The van der Waals surface area contributed by atoms with Crippen LogP contribution in [0, 0.1) is 16.7 Å². The average molecular weight is 250 g/mol. The minimum absolute atomic E-state index is 0.133. The maximum Gasteiger partial charge on any atom is 0.236 e. The van der Waals surface area contributed by atoms with Gasteiger partial charge in [0.05, 0.1) is 19.0 Å². The van der Waals surface area contributed by atoms with Gasteiger partial charge in [-0.2, -0.15) is 5.26 Å². The van der Waals surface area contributed by atoms with Gasteiger partial charge in [0.1, 0.15) is 0 Å². The molecule has 5 nitrogen and oxygen atoms in total. The van der Waals surface area contributed by atoms with Crippen molar-refractivity contribution in [3.63, 3.8) is 0 Å². The molecule has 100 valence electrons. The predicted molar refractivity (Wildman–Crippen MR) is 68.8 cm³/mol. The second kappa shape index (κ2) is 5.68. The summed E-state index contributed by atoms with van der Waals surface area (Å²) in [5.74, 6) is 0.133. The van der Waals surface area contributed by atoms with Crippen molar-refractivity contribution in [2.45, 2.75) is 19.3 Å². The highest BCUT2D eigenvalue weighted by atomic mass is 16.2. The zero-order chi connectivity index (χ0) is 13.0. The molecule has 1 N–H and O–H groups in total. The Hall–Kier alpha value is -1.12. The third kappa shape index (κ3) is 3.01. The number of amides is 1. The molecule has 5 heteroatoms. The molecule has 1 atom stereocenters. The molecule has 0 aromatic carbocycles. The van der Waals surface area contributed by atoms with Gasteiger partial charge >= 0.3 is 0 Å². The number of nitrogens with zero attached hydrogens (tertiary/aromatic N) is 3. The first kappa shape index (κ1) is 13.3. The van der Waals surface area contributed by atoms with E-state index in [1.807, 2.05) is 0 Å². The summed E-state index contributed by atoms with van der Waals surface area (Å²) in [7, 11) is 1.78. The lowest BCUT2D eigenvalue weighted by atomic mass is 9.87. The number of rotatable bonds is 4. The molecule has 1 spiro atoms. The minimum atomic E-state index is 0.133. The molecule has 2 fully saturated rings. The van der Waals surface area contributed by atoms with Gasteiger partial charge in [-0.1, -0.05) is 0 Å². The number of hydrogen-bond donors (Lipinski definition) is 1. The Morgan fingerprint density at radius 1 is 1.56 bits per heavy atom. The monoisotopic (exact) mass is 250 g/mol. The van der Waals surface area contributed by atoms with Crippen molar-refractivity contribution in [3.8, 4) is 6.07 Å². The van der Waals surface area contributed by atoms with Crippen LogP contribution in [0.5, 0.6) is 0 Å². The summed E-state index contributed by atoms with van der Waals surface area (Å²) in [4.78, 5) is 15.9. The van der Waals surface area contributed by atoms with Gasteiger partial charge in [0.15, 0.2) is 0 Å². The topological polar surface area (TPSA) is 59.4 Å². The fraction of sp³-hybridized carbons (Fsp3) is 0.846. The molecular formula is C13H22N4O. The smallest absolute Gasteiger partial charge is 0.236 e. The van der Waals surface area contributed by atoms with E-state index in [4.69, 9.17) is 5.26 Å². The quantitative estimate of drug-likeness (QED) is 0.765. The van der Waals surface area contributed by atoms with Crippen LogP contribution in [0.3, 0.4) is 0 Å². The summed E-state index contributed by atoms with van der Waals surface area (Å²) >= 11 is 0. The fourth-order valence-corrected chi connectivity index (χ4v) is 2.96. The van der Waals surface area contributed by atoms with Crippen LogP contribution in [0.2, 0.25) is 0 Å². The highest BCUT2D eigenvalue weighted by molar-refractivity contribution is 5.78. The van der Waals surface area contributed by atoms with Crippen LogP contribution in [0.15, 0.2) is 0 Å². The lowest BCUT2D eigenvalue weighted by molar-refractivity contribution is -0.130. The van der Waals surface area contributed by atoms with Crippen LogP contribution in [-0.4, -0.2) is 62.0 Å².